The molecule has 8 nitrogen and oxygen atoms in total. The van der Waals surface area contributed by atoms with Crippen molar-refractivity contribution in [3.05, 3.63) is 41.5 Å². The molecule has 1 fully saturated rings. The van der Waals surface area contributed by atoms with Gasteiger partial charge in [-0.05, 0) is 25.5 Å². The largest absolute Gasteiger partial charge is 0.389 e. The topological polar surface area (TPSA) is 115 Å². The van der Waals surface area contributed by atoms with Gasteiger partial charge in [0.2, 0.25) is 0 Å². The number of rotatable bonds is 4. The van der Waals surface area contributed by atoms with E-state index in [1.807, 2.05) is 6.92 Å². The number of carbonyl (C=O) groups excluding carboxylic acids is 1. The molecule has 0 unspecified atom stereocenters. The number of nitrogens with one attached hydrogen (secondary N) is 1. The van der Waals surface area contributed by atoms with E-state index in [0.29, 0.717) is 12.2 Å². The molecule has 3 aromatic rings. The quantitative estimate of drug-likeness (QED) is 0.529. The van der Waals surface area contributed by atoms with E-state index in [1.54, 1.807) is 19.2 Å². The molecule has 0 bridgehead atoms. The zero-order valence-corrected chi connectivity index (χ0v) is 18.9. The molecular formula is C21H24F3N7OS. The zero-order chi connectivity index (χ0) is 23.9. The van der Waals surface area contributed by atoms with Crippen LogP contribution in [-0.2, 0) is 7.05 Å². The van der Waals surface area contributed by atoms with Crippen molar-refractivity contribution in [1.82, 2.24) is 14.8 Å². The van der Waals surface area contributed by atoms with Crippen LogP contribution in [0.4, 0.5) is 29.7 Å². The lowest BCUT2D eigenvalue weighted by molar-refractivity contribution is -0.000527. The fraction of sp³-hybridized carbons (Fsp3) is 0.381. The molecule has 0 aliphatic carbocycles. The van der Waals surface area contributed by atoms with Crippen molar-refractivity contribution >= 4 is 33.8 Å². The first-order valence-corrected chi connectivity index (χ1v) is 11.1. The third-order valence-electron chi connectivity index (χ3n) is 5.43. The van der Waals surface area contributed by atoms with Crippen molar-refractivity contribution in [2.45, 2.75) is 31.7 Å². The number of hydrogen-bond acceptors (Lipinski definition) is 7. The average Bonchev–Trinajstić information content (AvgIpc) is 3.25. The molecule has 2 aromatic heterocycles. The van der Waals surface area contributed by atoms with Gasteiger partial charge in [-0.2, -0.15) is 5.10 Å². The van der Waals surface area contributed by atoms with Crippen LogP contribution < -0.4 is 21.7 Å². The Morgan fingerprint density at radius 2 is 2.12 bits per heavy atom. The highest BCUT2D eigenvalue weighted by molar-refractivity contribution is 7.19. The summed E-state index contributed by atoms with van der Waals surface area (Å²) in [6, 6.07) is 3.96. The summed E-state index contributed by atoms with van der Waals surface area (Å²) in [5.41, 5.74) is 13.1. The predicted octanol–water partition coefficient (Wildman–Crippen LogP) is 3.39. The maximum Gasteiger partial charge on any atom is 0.277 e. The van der Waals surface area contributed by atoms with Crippen LogP contribution in [0.1, 0.15) is 28.9 Å². The molecule has 0 spiro atoms. The Morgan fingerprint density at radius 1 is 1.36 bits per heavy atom. The third kappa shape index (κ3) is 4.81. The Bertz CT molecular complexity index is 1190. The second-order valence-corrected chi connectivity index (χ2v) is 9.24. The van der Waals surface area contributed by atoms with Crippen LogP contribution >= 0.6 is 11.3 Å². The number of anilines is 3. The molecule has 4 rings (SSSR count). The van der Waals surface area contributed by atoms with Crippen molar-refractivity contribution in [3.63, 3.8) is 0 Å². The summed E-state index contributed by atoms with van der Waals surface area (Å²) >= 11 is 0.991. The Morgan fingerprint density at radius 3 is 2.88 bits per heavy atom. The van der Waals surface area contributed by atoms with Crippen LogP contribution in [-0.4, -0.2) is 45.7 Å². The number of amides is 1. The van der Waals surface area contributed by atoms with Crippen LogP contribution in [0.15, 0.2) is 24.4 Å². The van der Waals surface area contributed by atoms with Crippen LogP contribution in [0.2, 0.25) is 0 Å². The lowest BCUT2D eigenvalue weighted by atomic mass is 10.1. The van der Waals surface area contributed by atoms with E-state index in [-0.39, 0.29) is 33.5 Å². The number of thiazole rings is 1. The average molecular weight is 480 g/mol. The Labute approximate surface area is 192 Å². The second-order valence-electron chi connectivity index (χ2n) is 8.21. The molecule has 176 valence electrons. The van der Waals surface area contributed by atoms with E-state index in [1.165, 1.54) is 21.8 Å². The minimum atomic E-state index is -2.98. The predicted molar refractivity (Wildman–Crippen MR) is 122 cm³/mol. The minimum absolute atomic E-state index is 0.0751. The molecule has 1 aromatic carbocycles. The third-order valence-corrected chi connectivity index (χ3v) is 6.35. The molecule has 0 radical (unpaired) electrons. The molecule has 5 N–H and O–H groups in total. The molecule has 1 amide bonds. The van der Waals surface area contributed by atoms with E-state index in [2.05, 4.69) is 15.4 Å². The van der Waals surface area contributed by atoms with Crippen LogP contribution in [0.5, 0.6) is 0 Å². The highest BCUT2D eigenvalue weighted by Crippen LogP contribution is 2.35. The number of halogens is 3. The van der Waals surface area contributed by atoms with Crippen molar-refractivity contribution in [2.75, 3.05) is 29.0 Å². The summed E-state index contributed by atoms with van der Waals surface area (Å²) in [4.78, 5) is 18.7. The van der Waals surface area contributed by atoms with Crippen molar-refractivity contribution < 1.29 is 18.0 Å². The number of alkyl halides is 2. The molecule has 12 heteroatoms. The molecule has 3 heterocycles. The van der Waals surface area contributed by atoms with Gasteiger partial charge < -0.3 is 21.7 Å². The van der Waals surface area contributed by atoms with Gasteiger partial charge in [-0.1, -0.05) is 23.0 Å². The monoisotopic (exact) mass is 479 g/mol. The van der Waals surface area contributed by atoms with E-state index in [0.717, 1.165) is 16.9 Å². The van der Waals surface area contributed by atoms with E-state index < -0.39 is 36.7 Å². The Kier molecular flexibility index (Phi) is 6.06. The van der Waals surface area contributed by atoms with Gasteiger partial charge >= 0.3 is 0 Å². The summed E-state index contributed by atoms with van der Waals surface area (Å²) in [5.74, 6) is -3.77. The van der Waals surface area contributed by atoms with Gasteiger partial charge in [-0.25, -0.2) is 18.2 Å². The van der Waals surface area contributed by atoms with Gasteiger partial charge in [-0.3, -0.25) is 9.48 Å². The fourth-order valence-corrected chi connectivity index (χ4v) is 4.75. The molecule has 0 saturated carbocycles. The van der Waals surface area contributed by atoms with Gasteiger partial charge in [0.15, 0.2) is 11.5 Å². The summed E-state index contributed by atoms with van der Waals surface area (Å²) in [5, 5.41) is 7.17. The number of carbonyl (C=O) groups is 1. The van der Waals surface area contributed by atoms with Crippen molar-refractivity contribution in [3.8, 4) is 10.6 Å². The summed E-state index contributed by atoms with van der Waals surface area (Å²) in [7, 11) is 1.60. The van der Waals surface area contributed by atoms with E-state index in [9.17, 15) is 18.0 Å². The number of nitrogens with two attached hydrogens (primary N) is 2. The minimum Gasteiger partial charge on any atom is -0.389 e. The van der Waals surface area contributed by atoms with E-state index in [4.69, 9.17) is 11.5 Å². The standard InChI is InChI=1S/C21H24F3N7OS/c1-11-3-4-14(22)13(7-11)19-29-16(17(26)33-19)18(32)28-15-9-27-30(2)20(15)31-6-5-12(25)8-21(23,24)10-31/h3-4,7,9,12H,5-6,8,10,25-26H2,1-2H3,(H,28,32)/t12-/m1/s1. The zero-order valence-electron chi connectivity index (χ0n) is 18.1. The van der Waals surface area contributed by atoms with Gasteiger partial charge in [0, 0.05) is 31.6 Å². The fourth-order valence-electron chi connectivity index (χ4n) is 3.90. The second kappa shape index (κ2) is 8.67. The molecule has 1 saturated heterocycles. The highest BCUT2D eigenvalue weighted by Gasteiger charge is 2.38. The SMILES string of the molecule is Cc1ccc(F)c(-c2nc(C(=O)Nc3cnn(C)c3N3CC[C@@H](N)CC(F)(F)C3)c(N)s2)c1. The van der Waals surface area contributed by atoms with Gasteiger partial charge in [0.1, 0.15) is 21.5 Å². The van der Waals surface area contributed by atoms with Gasteiger partial charge in [0.05, 0.1) is 12.7 Å². The molecule has 1 atom stereocenters. The summed E-state index contributed by atoms with van der Waals surface area (Å²) in [6.45, 7) is 1.56. The van der Waals surface area contributed by atoms with E-state index >= 15 is 0 Å². The number of nitrogens with zero attached hydrogens (tertiary/aromatic N) is 4. The van der Waals surface area contributed by atoms with Gasteiger partial charge in [0.25, 0.3) is 11.8 Å². The normalized spacial score (nSPS) is 18.2. The molecular weight excluding hydrogens is 455 g/mol. The van der Waals surface area contributed by atoms with Gasteiger partial charge in [-0.15, -0.1) is 0 Å². The molecule has 1 aliphatic rings. The number of hydrogen-bond donors (Lipinski definition) is 3. The first-order chi connectivity index (χ1) is 15.5. The smallest absolute Gasteiger partial charge is 0.277 e. The van der Waals surface area contributed by atoms with Crippen molar-refractivity contribution in [2.24, 2.45) is 12.8 Å². The Balaban J connectivity index is 1.61. The lowest BCUT2D eigenvalue weighted by Gasteiger charge is -2.26. The maximum absolute atomic E-state index is 14.3. The number of nitrogen functional groups attached to an aromatic ring is 1. The van der Waals surface area contributed by atoms with Crippen LogP contribution in [0.3, 0.4) is 0 Å². The first kappa shape index (κ1) is 23.1. The lowest BCUT2D eigenvalue weighted by Crippen LogP contribution is -2.37. The number of aromatic nitrogens is 3. The number of benzene rings is 1. The maximum atomic E-state index is 14.3. The first-order valence-electron chi connectivity index (χ1n) is 10.3. The molecule has 1 aliphatic heterocycles. The molecule has 33 heavy (non-hydrogen) atoms. The van der Waals surface area contributed by atoms with Crippen molar-refractivity contribution in [1.29, 1.82) is 0 Å². The highest BCUT2D eigenvalue weighted by atomic mass is 32.1. The Hall–Kier alpha value is -3.12. The van der Waals surface area contributed by atoms with Crippen LogP contribution in [0.25, 0.3) is 10.6 Å². The number of aryl methyl sites for hydroxylation is 2. The summed E-state index contributed by atoms with van der Waals surface area (Å²) in [6.07, 6.45) is 1.34. The summed E-state index contributed by atoms with van der Waals surface area (Å²) < 4.78 is 44.3. The van der Waals surface area contributed by atoms with Crippen LogP contribution in [0, 0.1) is 12.7 Å².